The topological polar surface area (TPSA) is 56.8 Å². The second-order valence-corrected chi connectivity index (χ2v) is 11.7. The van der Waals surface area contributed by atoms with Crippen LogP contribution < -0.4 is 0 Å². The van der Waals surface area contributed by atoms with Crippen LogP contribution in [0.15, 0.2) is 103 Å². The molecule has 3 aliphatic rings. The summed E-state index contributed by atoms with van der Waals surface area (Å²) in [6.07, 6.45) is 4.88. The molecule has 1 aliphatic carbocycles. The van der Waals surface area contributed by atoms with Gasteiger partial charge >= 0.3 is 0 Å². The van der Waals surface area contributed by atoms with Crippen LogP contribution in [0.3, 0.4) is 0 Å². The van der Waals surface area contributed by atoms with E-state index in [9.17, 15) is 9.59 Å². The quantitative estimate of drug-likeness (QED) is 0.305. The monoisotopic (exact) mass is 568 g/mol. The molecule has 7 rings (SSSR count). The van der Waals surface area contributed by atoms with Crippen molar-refractivity contribution in [2.24, 2.45) is 0 Å². The fraction of sp³-hybridized carbons (Fsp3) is 0.270. The van der Waals surface area contributed by atoms with E-state index in [1.54, 1.807) is 0 Å². The first-order valence-electron chi connectivity index (χ1n) is 15.4. The molecule has 0 unspecified atom stereocenters. The first-order chi connectivity index (χ1) is 21.1. The summed E-state index contributed by atoms with van der Waals surface area (Å²) in [5.74, 6) is 0.225. The van der Waals surface area contributed by atoms with E-state index in [0.717, 1.165) is 79.1 Å². The SMILES string of the molecule is O=C(C1=CCc2ccccc21)N1CCC(N2CCN(C(=O)c3cc(-c4ccccc4)nc(-c4ccccc4)c3)CC2)CC1. The lowest BCUT2D eigenvalue weighted by molar-refractivity contribution is -0.126. The summed E-state index contributed by atoms with van der Waals surface area (Å²) in [7, 11) is 0. The third kappa shape index (κ3) is 5.63. The zero-order chi connectivity index (χ0) is 29.2. The molecule has 3 heterocycles. The number of carbonyl (C=O) groups excluding carboxylic acids is 2. The Morgan fingerprint density at radius 2 is 1.19 bits per heavy atom. The van der Waals surface area contributed by atoms with Gasteiger partial charge in [0.2, 0.25) is 0 Å². The summed E-state index contributed by atoms with van der Waals surface area (Å²) in [4.78, 5) is 38.6. The Kier molecular flexibility index (Phi) is 7.60. The van der Waals surface area contributed by atoms with E-state index in [0.29, 0.717) is 24.7 Å². The van der Waals surface area contributed by atoms with E-state index in [1.807, 2.05) is 94.7 Å². The van der Waals surface area contributed by atoms with E-state index in [2.05, 4.69) is 23.1 Å². The van der Waals surface area contributed by atoms with Crippen LogP contribution in [-0.4, -0.2) is 76.8 Å². The zero-order valence-electron chi connectivity index (χ0n) is 24.4. The lowest BCUT2D eigenvalue weighted by atomic mass is 9.99. The molecule has 0 bridgehead atoms. The Morgan fingerprint density at radius 1 is 0.628 bits per heavy atom. The van der Waals surface area contributed by atoms with Crippen molar-refractivity contribution in [1.29, 1.82) is 0 Å². The Labute approximate surface area is 253 Å². The molecular weight excluding hydrogens is 532 g/mol. The summed E-state index contributed by atoms with van der Waals surface area (Å²) in [6.45, 7) is 4.67. The molecule has 2 saturated heterocycles. The summed E-state index contributed by atoms with van der Waals surface area (Å²) in [5.41, 5.74) is 7.49. The lowest BCUT2D eigenvalue weighted by Crippen LogP contribution is -2.54. The largest absolute Gasteiger partial charge is 0.339 e. The van der Waals surface area contributed by atoms with Crippen LogP contribution in [0, 0.1) is 0 Å². The highest BCUT2D eigenvalue weighted by Gasteiger charge is 2.32. The number of hydrogen-bond acceptors (Lipinski definition) is 4. The first kappa shape index (κ1) is 27.3. The van der Waals surface area contributed by atoms with Gasteiger partial charge in [-0.3, -0.25) is 14.5 Å². The predicted molar refractivity (Wildman–Crippen MR) is 170 cm³/mol. The first-order valence-corrected chi connectivity index (χ1v) is 15.4. The van der Waals surface area contributed by atoms with Gasteiger partial charge in [-0.05, 0) is 42.5 Å². The molecule has 216 valence electrons. The summed E-state index contributed by atoms with van der Waals surface area (Å²) >= 11 is 0. The van der Waals surface area contributed by atoms with Crippen LogP contribution in [0.1, 0.15) is 34.3 Å². The summed E-state index contributed by atoms with van der Waals surface area (Å²) < 4.78 is 0. The number of nitrogens with zero attached hydrogens (tertiary/aromatic N) is 4. The van der Waals surface area contributed by atoms with Crippen LogP contribution >= 0.6 is 0 Å². The Balaban J connectivity index is 0.990. The van der Waals surface area contributed by atoms with Gasteiger partial charge in [0.05, 0.1) is 11.4 Å². The molecular formula is C37H36N4O2. The van der Waals surface area contributed by atoms with Gasteiger partial charge in [-0.2, -0.15) is 0 Å². The minimum atomic E-state index is 0.0574. The van der Waals surface area contributed by atoms with Crippen LogP contribution in [0.25, 0.3) is 28.1 Å². The number of rotatable bonds is 5. The number of hydrogen-bond donors (Lipinski definition) is 0. The second-order valence-electron chi connectivity index (χ2n) is 11.7. The van der Waals surface area contributed by atoms with E-state index in [-0.39, 0.29) is 11.8 Å². The Bertz CT molecular complexity index is 1590. The molecule has 1 aromatic heterocycles. The molecule has 2 fully saturated rings. The number of benzene rings is 3. The van der Waals surface area contributed by atoms with Gasteiger partial charge in [-0.1, -0.05) is 91.0 Å². The lowest BCUT2D eigenvalue weighted by Gasteiger charge is -2.43. The molecule has 3 aromatic carbocycles. The van der Waals surface area contributed by atoms with Crippen LogP contribution in [-0.2, 0) is 11.2 Å². The van der Waals surface area contributed by atoms with Gasteiger partial charge in [0.15, 0.2) is 0 Å². The normalized spacial score (nSPS) is 17.4. The average molecular weight is 569 g/mol. The standard InChI is InChI=1S/C37H36N4O2/c42-36(30-25-34(28-10-3-1-4-11-28)38-35(26-30)29-12-5-2-6-13-29)41-23-21-39(22-24-41)31-17-19-40(20-18-31)37(43)33-16-15-27-9-7-8-14-32(27)33/h1-14,16,25-26,31H,15,17-24H2. The van der Waals surface area contributed by atoms with Crippen LogP contribution in [0.5, 0.6) is 0 Å². The predicted octanol–water partition coefficient (Wildman–Crippen LogP) is 5.80. The van der Waals surface area contributed by atoms with Crippen molar-refractivity contribution in [3.63, 3.8) is 0 Å². The molecule has 2 amide bonds. The van der Waals surface area contributed by atoms with E-state index < -0.39 is 0 Å². The van der Waals surface area contributed by atoms with Gasteiger partial charge in [0, 0.05) is 67.6 Å². The van der Waals surface area contributed by atoms with Crippen molar-refractivity contribution in [2.45, 2.75) is 25.3 Å². The maximum atomic E-state index is 13.8. The van der Waals surface area contributed by atoms with E-state index in [1.165, 1.54) is 5.56 Å². The summed E-state index contributed by atoms with van der Waals surface area (Å²) in [5, 5.41) is 0. The van der Waals surface area contributed by atoms with Crippen LogP contribution in [0.2, 0.25) is 0 Å². The number of piperidine rings is 1. The van der Waals surface area contributed by atoms with Crippen molar-refractivity contribution in [1.82, 2.24) is 19.7 Å². The number of fused-ring (bicyclic) bond motifs is 1. The minimum absolute atomic E-state index is 0.0574. The number of likely N-dealkylation sites (tertiary alicyclic amines) is 1. The Hall–Kier alpha value is -4.55. The fourth-order valence-electron chi connectivity index (χ4n) is 6.73. The van der Waals surface area contributed by atoms with Gasteiger partial charge in [-0.15, -0.1) is 0 Å². The molecule has 0 radical (unpaired) electrons. The smallest absolute Gasteiger partial charge is 0.254 e. The third-order valence-electron chi connectivity index (χ3n) is 9.15. The molecule has 0 atom stereocenters. The van der Waals surface area contributed by atoms with Gasteiger partial charge in [0.1, 0.15) is 0 Å². The van der Waals surface area contributed by atoms with Gasteiger partial charge in [-0.25, -0.2) is 4.98 Å². The van der Waals surface area contributed by atoms with E-state index in [4.69, 9.17) is 4.98 Å². The molecule has 2 aliphatic heterocycles. The molecule has 0 saturated carbocycles. The van der Waals surface area contributed by atoms with Crippen molar-refractivity contribution in [2.75, 3.05) is 39.3 Å². The van der Waals surface area contributed by atoms with Crippen LogP contribution in [0.4, 0.5) is 0 Å². The molecule has 43 heavy (non-hydrogen) atoms. The van der Waals surface area contributed by atoms with Crippen molar-refractivity contribution in [3.8, 4) is 22.5 Å². The number of pyridine rings is 1. The number of carbonyl (C=O) groups is 2. The minimum Gasteiger partial charge on any atom is -0.339 e. The molecule has 0 N–H and O–H groups in total. The van der Waals surface area contributed by atoms with Crippen molar-refractivity contribution >= 4 is 17.4 Å². The maximum absolute atomic E-state index is 13.8. The molecule has 4 aromatic rings. The maximum Gasteiger partial charge on any atom is 0.254 e. The van der Waals surface area contributed by atoms with E-state index >= 15 is 0 Å². The average Bonchev–Trinajstić information content (AvgIpc) is 3.53. The molecule has 6 nitrogen and oxygen atoms in total. The van der Waals surface area contributed by atoms with Gasteiger partial charge in [0.25, 0.3) is 11.8 Å². The zero-order valence-corrected chi connectivity index (χ0v) is 24.4. The number of allylic oxidation sites excluding steroid dienone is 1. The molecule has 0 spiro atoms. The highest BCUT2D eigenvalue weighted by atomic mass is 16.2. The highest BCUT2D eigenvalue weighted by molar-refractivity contribution is 6.20. The second kappa shape index (κ2) is 12.0. The number of aromatic nitrogens is 1. The Morgan fingerprint density at radius 3 is 1.81 bits per heavy atom. The molecule has 6 heteroatoms. The fourth-order valence-corrected chi connectivity index (χ4v) is 6.73. The van der Waals surface area contributed by atoms with Crippen molar-refractivity contribution in [3.05, 3.63) is 120 Å². The summed E-state index contributed by atoms with van der Waals surface area (Å²) in [6, 6.07) is 32.7. The number of amides is 2. The third-order valence-corrected chi connectivity index (χ3v) is 9.15. The van der Waals surface area contributed by atoms with Gasteiger partial charge < -0.3 is 9.80 Å². The number of piperazine rings is 1. The van der Waals surface area contributed by atoms with Crippen molar-refractivity contribution < 1.29 is 9.59 Å². The highest BCUT2D eigenvalue weighted by Crippen LogP contribution is 2.31.